The van der Waals surface area contributed by atoms with Crippen LogP contribution in [0.4, 0.5) is 0 Å². The van der Waals surface area contributed by atoms with Crippen molar-refractivity contribution in [2.45, 2.75) is 38.9 Å². The third kappa shape index (κ3) is 12.2. The normalized spacial score (nSPS) is 18.1. The SMILES string of the molecule is CP1(=O)Oc2ccccc2-c2ccccc21.Cc1ccc(CC(O)COc2ccc(O)cc2)cc1.Cc1ccc(CC2CO2)cc1.O=P1(c2cc(O)ccc2O)Oc2ccccc2-c2ccccc21. The Morgan fingerprint density at radius 1 is 0.565 bits per heavy atom. The summed E-state index contributed by atoms with van der Waals surface area (Å²) in [5.74, 6) is 1.81. The van der Waals surface area contributed by atoms with Gasteiger partial charge in [-0.2, -0.15) is 0 Å². The molecule has 3 heterocycles. The first-order chi connectivity index (χ1) is 33.3. The number of aliphatic hydroxyl groups is 1. The Hall–Kier alpha value is -7.06. The summed E-state index contributed by atoms with van der Waals surface area (Å²) >= 11 is 0. The lowest BCUT2D eigenvalue weighted by Gasteiger charge is -2.29. The van der Waals surface area contributed by atoms with Crippen molar-refractivity contribution >= 4 is 30.7 Å². The van der Waals surface area contributed by atoms with Crippen molar-refractivity contribution in [3.63, 3.8) is 0 Å². The number of ether oxygens (including phenoxy) is 2. The van der Waals surface area contributed by atoms with Crippen LogP contribution in [0, 0.1) is 13.8 Å². The predicted octanol–water partition coefficient (Wildman–Crippen LogP) is 11.3. The Labute approximate surface area is 402 Å². The van der Waals surface area contributed by atoms with Crippen LogP contribution in [0.1, 0.15) is 22.3 Å². The van der Waals surface area contributed by atoms with Gasteiger partial charge in [-0.25, -0.2) is 0 Å². The van der Waals surface area contributed by atoms with E-state index in [0.717, 1.165) is 46.1 Å². The monoisotopic (exact) mass is 960 g/mol. The molecule has 1 fully saturated rings. The lowest BCUT2D eigenvalue weighted by molar-refractivity contribution is 0.107. The minimum Gasteiger partial charge on any atom is -0.508 e. The van der Waals surface area contributed by atoms with E-state index < -0.39 is 20.8 Å². The number of benzene rings is 8. The second-order valence-corrected chi connectivity index (χ2v) is 21.7. The third-order valence-electron chi connectivity index (χ3n) is 11.6. The molecule has 0 saturated carbocycles. The molecule has 3 aliphatic rings. The van der Waals surface area contributed by atoms with Crippen LogP contribution in [0.25, 0.3) is 22.3 Å². The maximum Gasteiger partial charge on any atom is 0.311 e. The van der Waals surface area contributed by atoms with E-state index in [-0.39, 0.29) is 29.2 Å². The maximum absolute atomic E-state index is 13.7. The summed E-state index contributed by atoms with van der Waals surface area (Å²) < 4.78 is 48.2. The van der Waals surface area contributed by atoms with Crippen LogP contribution < -0.4 is 29.7 Å². The van der Waals surface area contributed by atoms with Gasteiger partial charge < -0.3 is 38.9 Å². The number of phenols is 3. The summed E-state index contributed by atoms with van der Waals surface area (Å²) in [6.45, 7) is 7.00. The second kappa shape index (κ2) is 21.5. The van der Waals surface area contributed by atoms with E-state index in [4.69, 9.17) is 23.6 Å². The molecule has 0 aromatic heterocycles. The molecule has 4 N–H and O–H groups in total. The molecule has 0 amide bonds. The average Bonchev–Trinajstić information content (AvgIpc) is 4.18. The molecule has 0 aliphatic carbocycles. The zero-order valence-electron chi connectivity index (χ0n) is 38.5. The van der Waals surface area contributed by atoms with E-state index in [1.54, 1.807) is 55.2 Å². The minimum absolute atomic E-state index is 0.0760. The number of hydrogen-bond acceptors (Lipinski definition) is 10. The molecule has 8 aromatic carbocycles. The van der Waals surface area contributed by atoms with Gasteiger partial charge in [-0.05, 0) is 103 Å². The first-order valence-electron chi connectivity index (χ1n) is 22.6. The van der Waals surface area contributed by atoms with Gasteiger partial charge in [0.25, 0.3) is 7.37 Å². The molecule has 0 bridgehead atoms. The quantitative estimate of drug-likeness (QED) is 0.0657. The number of hydrogen-bond donors (Lipinski definition) is 4. The van der Waals surface area contributed by atoms with Crippen molar-refractivity contribution in [1.29, 1.82) is 0 Å². The zero-order valence-corrected chi connectivity index (χ0v) is 40.3. The Balaban J connectivity index is 0.000000128. The fourth-order valence-electron chi connectivity index (χ4n) is 7.87. The molecule has 4 atom stereocenters. The first kappa shape index (κ1) is 48.4. The van der Waals surface area contributed by atoms with E-state index >= 15 is 0 Å². The second-order valence-electron chi connectivity index (χ2n) is 17.1. The Morgan fingerprint density at radius 2 is 1.06 bits per heavy atom. The largest absolute Gasteiger partial charge is 0.508 e. The molecular formula is C57H54O10P2. The number of phenolic OH excluding ortho intramolecular Hbond substituents is 3. The van der Waals surface area contributed by atoms with Crippen molar-refractivity contribution in [3.8, 4) is 56.8 Å². The summed E-state index contributed by atoms with van der Waals surface area (Å²) in [4.78, 5) is 0. The van der Waals surface area contributed by atoms with Gasteiger partial charge in [-0.3, -0.25) is 9.13 Å². The molecule has 12 heteroatoms. The van der Waals surface area contributed by atoms with E-state index in [1.165, 1.54) is 34.9 Å². The number of aromatic hydroxyl groups is 3. The Kier molecular flexibility index (Phi) is 15.1. The van der Waals surface area contributed by atoms with E-state index in [0.29, 0.717) is 35.1 Å². The molecule has 69 heavy (non-hydrogen) atoms. The molecule has 4 unspecified atom stereocenters. The highest BCUT2D eigenvalue weighted by Gasteiger charge is 2.40. The molecule has 352 valence electrons. The summed E-state index contributed by atoms with van der Waals surface area (Å²) in [5.41, 5.74) is 8.71. The number of aliphatic hydroxyl groups excluding tert-OH is 1. The molecule has 1 saturated heterocycles. The first-order valence-corrected chi connectivity index (χ1v) is 26.3. The van der Waals surface area contributed by atoms with Gasteiger partial charge >= 0.3 is 7.37 Å². The number of para-hydroxylation sites is 2. The number of fused-ring (bicyclic) bond motifs is 6. The van der Waals surface area contributed by atoms with Gasteiger partial charge in [-0.1, -0.05) is 132 Å². The fourth-order valence-corrected chi connectivity index (χ4v) is 11.9. The topological polar surface area (TPSA) is 155 Å². The number of aryl methyl sites for hydroxylation is 2. The van der Waals surface area contributed by atoms with Crippen LogP contribution in [0.3, 0.4) is 0 Å². The molecule has 10 nitrogen and oxygen atoms in total. The van der Waals surface area contributed by atoms with E-state index in [9.17, 15) is 24.4 Å². The average molecular weight is 961 g/mol. The molecular weight excluding hydrogens is 907 g/mol. The van der Waals surface area contributed by atoms with Gasteiger partial charge in [0, 0.05) is 30.6 Å². The van der Waals surface area contributed by atoms with Crippen molar-refractivity contribution in [2.75, 3.05) is 19.9 Å². The van der Waals surface area contributed by atoms with Gasteiger partial charge in [0.15, 0.2) is 0 Å². The third-order valence-corrected chi connectivity index (χ3v) is 15.8. The van der Waals surface area contributed by atoms with Crippen LogP contribution in [0.15, 0.2) is 188 Å². The zero-order chi connectivity index (χ0) is 48.5. The van der Waals surface area contributed by atoms with Crippen molar-refractivity contribution in [2.24, 2.45) is 0 Å². The van der Waals surface area contributed by atoms with Crippen LogP contribution in [-0.4, -0.2) is 52.5 Å². The van der Waals surface area contributed by atoms with Gasteiger partial charge in [0.1, 0.15) is 41.1 Å². The lowest BCUT2D eigenvalue weighted by atomic mass is 10.0. The lowest BCUT2D eigenvalue weighted by Crippen LogP contribution is -2.25. The highest BCUT2D eigenvalue weighted by atomic mass is 31.2. The molecule has 0 spiro atoms. The van der Waals surface area contributed by atoms with E-state index in [1.807, 2.05) is 104 Å². The van der Waals surface area contributed by atoms with Crippen LogP contribution in [0.5, 0.6) is 34.5 Å². The summed E-state index contributed by atoms with van der Waals surface area (Å²) in [7, 11) is -6.27. The van der Waals surface area contributed by atoms with Crippen LogP contribution >= 0.6 is 14.7 Å². The summed E-state index contributed by atoms with van der Waals surface area (Å²) in [6.07, 6.45) is 1.62. The highest BCUT2D eigenvalue weighted by Crippen LogP contribution is 2.55. The minimum atomic E-state index is -3.56. The van der Waals surface area contributed by atoms with Crippen molar-refractivity contribution in [1.82, 2.24) is 0 Å². The Bertz CT molecular complexity index is 3110. The fraction of sp³-hybridized carbons (Fsp3) is 0.158. The van der Waals surface area contributed by atoms with Gasteiger partial charge in [0.05, 0.1) is 34.7 Å². The van der Waals surface area contributed by atoms with E-state index in [2.05, 4.69) is 31.2 Å². The molecule has 11 rings (SSSR count). The molecule has 0 radical (unpaired) electrons. The van der Waals surface area contributed by atoms with Crippen LogP contribution in [-0.2, 0) is 26.7 Å². The number of rotatable bonds is 8. The summed E-state index contributed by atoms with van der Waals surface area (Å²) in [6, 6.07) is 57.2. The summed E-state index contributed by atoms with van der Waals surface area (Å²) in [5, 5.41) is 40.4. The number of epoxide rings is 1. The van der Waals surface area contributed by atoms with Crippen molar-refractivity contribution < 1.29 is 48.1 Å². The van der Waals surface area contributed by atoms with Crippen molar-refractivity contribution in [3.05, 3.63) is 210 Å². The Morgan fingerprint density at radius 3 is 1.65 bits per heavy atom. The molecule has 3 aliphatic heterocycles. The van der Waals surface area contributed by atoms with Crippen LogP contribution in [0.2, 0.25) is 0 Å². The van der Waals surface area contributed by atoms with Gasteiger partial charge in [-0.15, -0.1) is 0 Å². The van der Waals surface area contributed by atoms with Gasteiger partial charge in [0.2, 0.25) is 0 Å². The molecule has 8 aromatic rings. The highest BCUT2D eigenvalue weighted by molar-refractivity contribution is 7.75. The predicted molar refractivity (Wildman–Crippen MR) is 274 cm³/mol. The smallest absolute Gasteiger partial charge is 0.311 e. The standard InChI is InChI=1S/C18H13O4P.C16H18O3.C13H11O2P.C10H12O/c19-12-9-10-15(20)18(11-12)23(21)17-8-4-2-6-14(17)13-5-1-3-7-16(13)22-23;1-12-2-4-13(5-3-12)10-15(18)11-19-16-8-6-14(17)7-9-16;1-16(14)13-9-5-3-7-11(13)10-6-2-4-8-12(10)15-16;1-8-2-4-9(5-3-8)6-10-7-11-10/h1-11,19-20H;2-9,15,17-18H,10-11H2,1H3;2-9H,1H3;2-5,10H,6-7H2,1H3. The maximum atomic E-state index is 13.7.